The second-order valence-electron chi connectivity index (χ2n) is 4.77. The fourth-order valence-electron chi connectivity index (χ4n) is 1.77. The van der Waals surface area contributed by atoms with Crippen LogP contribution in [0.3, 0.4) is 0 Å². The van der Waals surface area contributed by atoms with Gasteiger partial charge in [0.25, 0.3) is 0 Å². The first kappa shape index (κ1) is 12.0. The van der Waals surface area contributed by atoms with Crippen molar-refractivity contribution >= 4 is 11.2 Å². The van der Waals surface area contributed by atoms with Crippen LogP contribution in [0.25, 0.3) is 11.2 Å². The quantitative estimate of drug-likeness (QED) is 0.886. The summed E-state index contributed by atoms with van der Waals surface area (Å²) in [6.07, 6.45) is 0.888. The van der Waals surface area contributed by atoms with Gasteiger partial charge in [-0.05, 0) is 32.4 Å². The summed E-state index contributed by atoms with van der Waals surface area (Å²) < 4.78 is 5.46. The van der Waals surface area contributed by atoms with E-state index in [1.165, 1.54) is 0 Å². The summed E-state index contributed by atoms with van der Waals surface area (Å²) in [5.74, 6) is 0.975. The zero-order valence-corrected chi connectivity index (χ0v) is 11.1. The molecule has 4 nitrogen and oxygen atoms in total. The van der Waals surface area contributed by atoms with E-state index in [1.807, 2.05) is 13.8 Å². The lowest BCUT2D eigenvalue weighted by atomic mass is 10.0. The van der Waals surface area contributed by atoms with Crippen molar-refractivity contribution < 1.29 is 4.74 Å². The first-order chi connectivity index (χ1) is 7.97. The number of aryl methyl sites for hydroxylation is 2. The number of hydrogen-bond donors (Lipinski definition) is 1. The van der Waals surface area contributed by atoms with E-state index in [2.05, 4.69) is 34.9 Å². The molecular formula is C13H19N3O. The van der Waals surface area contributed by atoms with Gasteiger partial charge in [0.15, 0.2) is 5.65 Å². The number of fused-ring (bicyclic) bond motifs is 1. The average Bonchev–Trinajstić information content (AvgIpc) is 2.72. The molecule has 0 aliphatic heterocycles. The molecule has 0 spiro atoms. The minimum Gasteiger partial charge on any atom is -0.373 e. The van der Waals surface area contributed by atoms with Gasteiger partial charge in [0.2, 0.25) is 0 Å². The summed E-state index contributed by atoms with van der Waals surface area (Å²) in [6.45, 7) is 8.16. The molecule has 2 heterocycles. The van der Waals surface area contributed by atoms with Crippen molar-refractivity contribution in [2.75, 3.05) is 7.11 Å². The summed E-state index contributed by atoms with van der Waals surface area (Å²) in [5, 5.41) is 0. The molecule has 0 saturated carbocycles. The Morgan fingerprint density at radius 3 is 2.65 bits per heavy atom. The molecule has 0 aromatic carbocycles. The summed E-state index contributed by atoms with van der Waals surface area (Å²) in [5.41, 5.74) is 3.49. The predicted molar refractivity (Wildman–Crippen MR) is 68.0 cm³/mol. The van der Waals surface area contributed by atoms with Crippen molar-refractivity contribution in [1.82, 2.24) is 15.0 Å². The summed E-state index contributed by atoms with van der Waals surface area (Å²) in [6, 6.07) is 2.06. The molecule has 0 bridgehead atoms. The molecule has 0 amide bonds. The third-order valence-electron chi connectivity index (χ3n) is 3.17. The zero-order chi connectivity index (χ0) is 12.6. The zero-order valence-electron chi connectivity index (χ0n) is 11.1. The van der Waals surface area contributed by atoms with Gasteiger partial charge >= 0.3 is 0 Å². The Hall–Kier alpha value is -1.42. The number of nitrogens with zero attached hydrogens (tertiary/aromatic N) is 2. The van der Waals surface area contributed by atoms with Crippen LogP contribution in [-0.4, -0.2) is 22.1 Å². The van der Waals surface area contributed by atoms with Crippen molar-refractivity contribution in [1.29, 1.82) is 0 Å². The number of imidazole rings is 1. The van der Waals surface area contributed by atoms with Gasteiger partial charge in [-0.1, -0.05) is 6.92 Å². The fourth-order valence-corrected chi connectivity index (χ4v) is 1.77. The summed E-state index contributed by atoms with van der Waals surface area (Å²) >= 11 is 0. The van der Waals surface area contributed by atoms with Gasteiger partial charge in [-0.25, -0.2) is 9.97 Å². The maximum Gasteiger partial charge on any atom is 0.178 e. The van der Waals surface area contributed by atoms with E-state index in [4.69, 9.17) is 4.74 Å². The fraction of sp³-hybridized carbons (Fsp3) is 0.538. The van der Waals surface area contributed by atoms with Crippen molar-refractivity contribution in [3.63, 3.8) is 0 Å². The van der Waals surface area contributed by atoms with Crippen LogP contribution in [0, 0.1) is 6.92 Å². The molecule has 0 fully saturated rings. The Morgan fingerprint density at radius 2 is 2.06 bits per heavy atom. The maximum absolute atomic E-state index is 5.46. The molecule has 0 radical (unpaired) electrons. The van der Waals surface area contributed by atoms with Crippen molar-refractivity contribution in [3.05, 3.63) is 23.1 Å². The second-order valence-corrected chi connectivity index (χ2v) is 4.77. The van der Waals surface area contributed by atoms with E-state index in [0.29, 0.717) is 0 Å². The second kappa shape index (κ2) is 4.11. The summed E-state index contributed by atoms with van der Waals surface area (Å²) in [7, 11) is 1.70. The molecule has 0 atom stereocenters. The topological polar surface area (TPSA) is 50.8 Å². The third kappa shape index (κ3) is 2.05. The van der Waals surface area contributed by atoms with E-state index in [0.717, 1.165) is 34.7 Å². The number of H-pyrrole nitrogens is 1. The molecular weight excluding hydrogens is 214 g/mol. The molecule has 0 unspecified atom stereocenters. The highest BCUT2D eigenvalue weighted by Gasteiger charge is 2.23. The molecule has 4 heteroatoms. The Kier molecular flexibility index (Phi) is 2.91. The largest absolute Gasteiger partial charge is 0.373 e. The predicted octanol–water partition coefficient (Wildman–Crippen LogP) is 2.71. The number of nitrogens with one attached hydrogen (secondary N) is 1. The first-order valence-electron chi connectivity index (χ1n) is 5.89. The van der Waals surface area contributed by atoms with E-state index < -0.39 is 0 Å². The van der Waals surface area contributed by atoms with E-state index >= 15 is 0 Å². The molecule has 2 rings (SSSR count). The molecule has 17 heavy (non-hydrogen) atoms. The monoisotopic (exact) mass is 233 g/mol. The molecule has 0 aliphatic carbocycles. The van der Waals surface area contributed by atoms with Gasteiger partial charge in [0.1, 0.15) is 11.4 Å². The van der Waals surface area contributed by atoms with E-state index in [9.17, 15) is 0 Å². The number of hydrogen-bond acceptors (Lipinski definition) is 3. The molecule has 92 valence electrons. The van der Waals surface area contributed by atoms with Crippen LogP contribution in [0.2, 0.25) is 0 Å². The van der Waals surface area contributed by atoms with Crippen LogP contribution in [0.4, 0.5) is 0 Å². The highest BCUT2D eigenvalue weighted by Crippen LogP contribution is 2.25. The van der Waals surface area contributed by atoms with Crippen molar-refractivity contribution in [2.45, 2.75) is 39.7 Å². The Labute approximate surface area is 101 Å². The molecule has 1 N–H and O–H groups in total. The van der Waals surface area contributed by atoms with Crippen LogP contribution in [0.1, 0.15) is 37.9 Å². The van der Waals surface area contributed by atoms with Crippen LogP contribution >= 0.6 is 0 Å². The van der Waals surface area contributed by atoms with E-state index in [-0.39, 0.29) is 5.60 Å². The van der Waals surface area contributed by atoms with Crippen LogP contribution in [-0.2, 0) is 16.8 Å². The number of aromatic nitrogens is 3. The maximum atomic E-state index is 5.46. The highest BCUT2D eigenvalue weighted by molar-refractivity contribution is 5.75. The lowest BCUT2D eigenvalue weighted by Crippen LogP contribution is -2.21. The van der Waals surface area contributed by atoms with Crippen LogP contribution in [0.15, 0.2) is 6.07 Å². The normalized spacial score (nSPS) is 12.3. The Morgan fingerprint density at radius 1 is 1.35 bits per heavy atom. The molecule has 2 aromatic rings. The lowest BCUT2D eigenvalue weighted by Gasteiger charge is -2.22. The minimum absolute atomic E-state index is 0.385. The van der Waals surface area contributed by atoms with E-state index in [1.54, 1.807) is 7.11 Å². The third-order valence-corrected chi connectivity index (χ3v) is 3.17. The van der Waals surface area contributed by atoms with Gasteiger partial charge in [-0.2, -0.15) is 0 Å². The van der Waals surface area contributed by atoms with Crippen LogP contribution < -0.4 is 0 Å². The minimum atomic E-state index is -0.385. The first-order valence-corrected chi connectivity index (χ1v) is 5.89. The van der Waals surface area contributed by atoms with Crippen molar-refractivity contribution in [2.24, 2.45) is 0 Å². The highest BCUT2D eigenvalue weighted by atomic mass is 16.5. The van der Waals surface area contributed by atoms with Crippen LogP contribution in [0.5, 0.6) is 0 Å². The number of ether oxygens (including phenoxy) is 1. The standard InChI is InChI=1S/C13H19N3O/c1-6-10-15-11-8(2)7-9(13(3,4)17-5)14-12(11)16-10/h7H,6H2,1-5H3,(H,14,15,16). The lowest BCUT2D eigenvalue weighted by molar-refractivity contribution is 0.0157. The molecule has 0 aliphatic rings. The average molecular weight is 233 g/mol. The van der Waals surface area contributed by atoms with Crippen molar-refractivity contribution in [3.8, 4) is 0 Å². The van der Waals surface area contributed by atoms with Gasteiger partial charge in [0, 0.05) is 13.5 Å². The molecule has 0 saturated heterocycles. The smallest absolute Gasteiger partial charge is 0.178 e. The number of rotatable bonds is 3. The van der Waals surface area contributed by atoms with Gasteiger partial charge in [0.05, 0.1) is 11.2 Å². The number of aromatic amines is 1. The Bertz CT molecular complexity index is 543. The SMILES string of the molecule is CCc1nc2nc(C(C)(C)OC)cc(C)c2[nH]1. The Balaban J connectivity index is 2.62. The summed E-state index contributed by atoms with van der Waals surface area (Å²) in [4.78, 5) is 12.4. The van der Waals surface area contributed by atoms with Gasteiger partial charge in [-0.15, -0.1) is 0 Å². The van der Waals surface area contributed by atoms with Gasteiger partial charge in [-0.3, -0.25) is 0 Å². The molecule has 2 aromatic heterocycles. The van der Waals surface area contributed by atoms with Gasteiger partial charge < -0.3 is 9.72 Å². The number of methoxy groups -OCH3 is 1. The number of pyridine rings is 1.